The van der Waals surface area contributed by atoms with E-state index < -0.39 is 5.54 Å². The number of anilines is 1. The van der Waals surface area contributed by atoms with Gasteiger partial charge >= 0.3 is 6.03 Å². The fourth-order valence-corrected chi connectivity index (χ4v) is 2.14. The Labute approximate surface area is 139 Å². The minimum Gasteiger partial charge on any atom is -0.396 e. The van der Waals surface area contributed by atoms with Gasteiger partial charge in [0.1, 0.15) is 5.82 Å². The van der Waals surface area contributed by atoms with Crippen LogP contribution in [0, 0.1) is 0 Å². The number of rotatable bonds is 4. The van der Waals surface area contributed by atoms with Crippen molar-refractivity contribution < 1.29 is 9.90 Å². The zero-order chi connectivity index (χ0) is 18.1. The average Bonchev–Trinajstić information content (AvgIpc) is 2.70. The Kier molecular flexibility index (Phi) is 5.52. The summed E-state index contributed by atoms with van der Waals surface area (Å²) in [5.74, 6) is 0.666. The molecule has 0 spiro atoms. The maximum absolute atomic E-state index is 12.3. The number of nitrogens with one attached hydrogen (secondary N) is 2. The standard InChI is InChI=1S/C17H32N4O2/c1-15(2,3)12-11-13(21(20-12)16(4,5)6)18-14(23)19-17(7,8)9-10-22/h11,22H,9-10H2,1-8H3,(H2,18,19,23). The summed E-state index contributed by atoms with van der Waals surface area (Å²) in [7, 11) is 0. The van der Waals surface area contributed by atoms with Crippen molar-refractivity contribution in [3.05, 3.63) is 11.8 Å². The molecule has 3 N–H and O–H groups in total. The molecule has 0 aliphatic rings. The number of aliphatic hydroxyl groups excluding tert-OH is 1. The molecule has 0 unspecified atom stereocenters. The largest absolute Gasteiger partial charge is 0.396 e. The van der Waals surface area contributed by atoms with E-state index in [0.29, 0.717) is 12.2 Å². The van der Waals surface area contributed by atoms with Crippen LogP contribution in [0.1, 0.15) is 67.5 Å². The third-order valence-corrected chi connectivity index (χ3v) is 3.54. The predicted octanol–water partition coefficient (Wildman–Crippen LogP) is 3.22. The van der Waals surface area contributed by atoms with E-state index in [2.05, 4.69) is 36.5 Å². The molecule has 0 saturated heterocycles. The first-order valence-electron chi connectivity index (χ1n) is 8.07. The molecular weight excluding hydrogens is 292 g/mol. The van der Waals surface area contributed by atoms with Gasteiger partial charge in [-0.15, -0.1) is 0 Å². The lowest BCUT2D eigenvalue weighted by Gasteiger charge is -2.27. The van der Waals surface area contributed by atoms with Crippen LogP contribution in [0.2, 0.25) is 0 Å². The maximum atomic E-state index is 12.3. The lowest BCUT2D eigenvalue weighted by molar-refractivity contribution is 0.218. The second-order valence-electron chi connectivity index (χ2n) is 8.68. The van der Waals surface area contributed by atoms with Gasteiger partial charge in [-0.1, -0.05) is 20.8 Å². The highest BCUT2D eigenvalue weighted by molar-refractivity contribution is 5.89. The van der Waals surface area contributed by atoms with Gasteiger partial charge in [-0.05, 0) is 41.0 Å². The molecule has 0 bridgehead atoms. The van der Waals surface area contributed by atoms with Crippen LogP contribution < -0.4 is 10.6 Å². The number of aromatic nitrogens is 2. The van der Waals surface area contributed by atoms with E-state index in [0.717, 1.165) is 5.69 Å². The zero-order valence-corrected chi connectivity index (χ0v) is 15.7. The Morgan fingerprint density at radius 2 is 1.74 bits per heavy atom. The fourth-order valence-electron chi connectivity index (χ4n) is 2.14. The molecule has 0 aliphatic heterocycles. The van der Waals surface area contributed by atoms with E-state index >= 15 is 0 Å². The highest BCUT2D eigenvalue weighted by Crippen LogP contribution is 2.28. The summed E-state index contributed by atoms with van der Waals surface area (Å²) in [5.41, 5.74) is 0.113. The van der Waals surface area contributed by atoms with Gasteiger partial charge in [0, 0.05) is 23.6 Å². The van der Waals surface area contributed by atoms with E-state index in [9.17, 15) is 4.79 Å². The Morgan fingerprint density at radius 3 is 2.17 bits per heavy atom. The molecule has 6 nitrogen and oxygen atoms in total. The summed E-state index contributed by atoms with van der Waals surface area (Å²) in [6.07, 6.45) is 0.492. The topological polar surface area (TPSA) is 79.2 Å². The molecule has 0 saturated carbocycles. The first-order valence-corrected chi connectivity index (χ1v) is 8.07. The Balaban J connectivity index is 3.03. The van der Waals surface area contributed by atoms with Gasteiger partial charge in [-0.25, -0.2) is 9.48 Å². The molecule has 0 fully saturated rings. The smallest absolute Gasteiger partial charge is 0.320 e. The van der Waals surface area contributed by atoms with E-state index in [-0.39, 0.29) is 23.6 Å². The molecule has 1 aromatic rings. The van der Waals surface area contributed by atoms with E-state index in [4.69, 9.17) is 5.11 Å². The second kappa shape index (κ2) is 6.51. The fraction of sp³-hybridized carbons (Fsp3) is 0.765. The molecule has 0 aromatic carbocycles. The summed E-state index contributed by atoms with van der Waals surface area (Å²) < 4.78 is 1.84. The molecule has 0 radical (unpaired) electrons. The molecule has 1 aromatic heterocycles. The number of urea groups is 1. The normalized spacial score (nSPS) is 13.1. The van der Waals surface area contributed by atoms with Crippen molar-refractivity contribution in [1.82, 2.24) is 15.1 Å². The predicted molar refractivity (Wildman–Crippen MR) is 93.9 cm³/mol. The molecule has 1 rings (SSSR count). The summed E-state index contributed by atoms with van der Waals surface area (Å²) >= 11 is 0. The van der Waals surface area contributed by atoms with Crippen LogP contribution in [-0.2, 0) is 11.0 Å². The van der Waals surface area contributed by atoms with Gasteiger partial charge in [0.2, 0.25) is 0 Å². The first kappa shape index (κ1) is 19.5. The van der Waals surface area contributed by atoms with Crippen LogP contribution in [0.4, 0.5) is 10.6 Å². The van der Waals surface area contributed by atoms with Crippen molar-refractivity contribution in [2.75, 3.05) is 11.9 Å². The molecular formula is C17H32N4O2. The van der Waals surface area contributed by atoms with Crippen molar-refractivity contribution in [1.29, 1.82) is 0 Å². The molecule has 6 heteroatoms. The van der Waals surface area contributed by atoms with Crippen molar-refractivity contribution in [3.63, 3.8) is 0 Å². The summed E-state index contributed by atoms with van der Waals surface area (Å²) in [4.78, 5) is 12.3. The average molecular weight is 324 g/mol. The third-order valence-electron chi connectivity index (χ3n) is 3.54. The van der Waals surface area contributed by atoms with E-state index in [1.165, 1.54) is 0 Å². The van der Waals surface area contributed by atoms with Gasteiger partial charge in [0.25, 0.3) is 0 Å². The van der Waals surface area contributed by atoms with Crippen LogP contribution in [0.15, 0.2) is 6.07 Å². The van der Waals surface area contributed by atoms with Crippen molar-refractivity contribution in [2.45, 2.75) is 78.3 Å². The monoisotopic (exact) mass is 324 g/mol. The molecule has 2 amide bonds. The zero-order valence-electron chi connectivity index (χ0n) is 15.7. The van der Waals surface area contributed by atoms with Crippen molar-refractivity contribution in [3.8, 4) is 0 Å². The van der Waals surface area contributed by atoms with Gasteiger partial charge in [-0.3, -0.25) is 5.32 Å². The summed E-state index contributed by atoms with van der Waals surface area (Å²) in [6, 6.07) is 1.62. The summed E-state index contributed by atoms with van der Waals surface area (Å²) in [5, 5.41) is 19.5. The van der Waals surface area contributed by atoms with Crippen LogP contribution in [0.5, 0.6) is 0 Å². The van der Waals surface area contributed by atoms with Crippen LogP contribution >= 0.6 is 0 Å². The number of carbonyl (C=O) groups is 1. The molecule has 23 heavy (non-hydrogen) atoms. The van der Waals surface area contributed by atoms with Gasteiger partial charge in [-0.2, -0.15) is 5.10 Å². The Morgan fingerprint density at radius 1 is 1.17 bits per heavy atom. The number of aliphatic hydroxyl groups is 1. The molecule has 0 atom stereocenters. The highest BCUT2D eigenvalue weighted by atomic mass is 16.3. The van der Waals surface area contributed by atoms with Crippen molar-refractivity contribution in [2.24, 2.45) is 0 Å². The Hall–Kier alpha value is -1.56. The highest BCUT2D eigenvalue weighted by Gasteiger charge is 2.27. The molecule has 1 heterocycles. The van der Waals surface area contributed by atoms with Crippen LogP contribution in [-0.4, -0.2) is 33.1 Å². The maximum Gasteiger partial charge on any atom is 0.320 e. The van der Waals surface area contributed by atoms with E-state index in [1.54, 1.807) is 0 Å². The van der Waals surface area contributed by atoms with Crippen molar-refractivity contribution >= 4 is 11.8 Å². The molecule has 132 valence electrons. The molecule has 0 aliphatic carbocycles. The minimum absolute atomic E-state index is 0.0291. The number of carbonyl (C=O) groups excluding carboxylic acids is 1. The van der Waals surface area contributed by atoms with E-state index in [1.807, 2.05) is 45.4 Å². The van der Waals surface area contributed by atoms with Crippen LogP contribution in [0.25, 0.3) is 0 Å². The number of nitrogens with zero attached hydrogens (tertiary/aromatic N) is 2. The van der Waals surface area contributed by atoms with Gasteiger partial charge < -0.3 is 10.4 Å². The quantitative estimate of drug-likeness (QED) is 0.795. The van der Waals surface area contributed by atoms with Crippen LogP contribution in [0.3, 0.4) is 0 Å². The van der Waals surface area contributed by atoms with Gasteiger partial charge in [0.05, 0.1) is 11.2 Å². The SMILES string of the molecule is CC(C)(CCO)NC(=O)Nc1cc(C(C)(C)C)nn1C(C)(C)C. The minimum atomic E-state index is -0.474. The second-order valence-corrected chi connectivity index (χ2v) is 8.68. The first-order chi connectivity index (χ1) is 10.3. The van der Waals surface area contributed by atoms with Gasteiger partial charge in [0.15, 0.2) is 0 Å². The number of hydrogen-bond acceptors (Lipinski definition) is 3. The third kappa shape index (κ3) is 5.53. The lowest BCUT2D eigenvalue weighted by Crippen LogP contribution is -2.46. The number of amides is 2. The number of hydrogen-bond donors (Lipinski definition) is 3. The summed E-state index contributed by atoms with van der Waals surface area (Å²) in [6.45, 7) is 16.2. The lowest BCUT2D eigenvalue weighted by atomic mass is 9.92. The Bertz CT molecular complexity index is 548.